The molecule has 4 nitrogen and oxygen atoms in total. The predicted octanol–water partition coefficient (Wildman–Crippen LogP) is 12.6. The molecule has 53 heavy (non-hydrogen) atoms. The van der Waals surface area contributed by atoms with E-state index in [1.165, 1.54) is 43.1 Å². The van der Waals surface area contributed by atoms with Gasteiger partial charge in [0.1, 0.15) is 0 Å². The highest BCUT2D eigenvalue weighted by atomic mass is 15.0. The monoisotopic (exact) mass is 674 g/mol. The summed E-state index contributed by atoms with van der Waals surface area (Å²) in [5, 5.41) is 12.0. The van der Waals surface area contributed by atoms with Crippen LogP contribution in [0.4, 0.5) is 0 Å². The number of para-hydroxylation sites is 1. The average molecular weight is 675 g/mol. The number of aromatic nitrogens is 4. The van der Waals surface area contributed by atoms with Crippen molar-refractivity contribution in [1.29, 1.82) is 0 Å². The first kappa shape index (κ1) is 29.5. The SMILES string of the molecule is c1ccc(-c2nc(-c3ccccc3)nc(-c3cc(-n4c5ccccc5c5c6ccccc6ccc54)cc4c5ccccc5c5ccccc5c34)n2)cc1. The van der Waals surface area contributed by atoms with Crippen LogP contribution in [-0.4, -0.2) is 19.5 Å². The van der Waals surface area contributed by atoms with E-state index in [1.54, 1.807) is 0 Å². The number of hydrogen-bond donors (Lipinski definition) is 0. The van der Waals surface area contributed by atoms with Crippen molar-refractivity contribution in [3.63, 3.8) is 0 Å². The third-order valence-corrected chi connectivity index (χ3v) is 10.6. The summed E-state index contributed by atoms with van der Waals surface area (Å²) in [6, 6.07) is 64.5. The molecule has 11 rings (SSSR count). The fourth-order valence-corrected chi connectivity index (χ4v) is 8.27. The number of rotatable bonds is 4. The second-order valence-electron chi connectivity index (χ2n) is 13.6. The lowest BCUT2D eigenvalue weighted by Crippen LogP contribution is -2.02. The molecular formula is C49H30N4. The van der Waals surface area contributed by atoms with E-state index < -0.39 is 0 Å². The maximum atomic E-state index is 5.29. The van der Waals surface area contributed by atoms with E-state index in [4.69, 9.17) is 15.0 Å². The standard InChI is InChI=1S/C49H30N4/c1-3-16-32(17-4-1)47-50-48(33-18-5-2-6-19-33)52-49(51-47)42-30-34(29-41-38-23-10-9-21-36(38)37-22-11-12-24-39(37)45(41)42)53-43-26-14-13-25-40(43)46-35-20-8-7-15-31(35)27-28-44(46)53/h1-30H. The average Bonchev–Trinajstić information content (AvgIpc) is 3.59. The molecule has 2 heterocycles. The molecule has 0 amide bonds. The summed E-state index contributed by atoms with van der Waals surface area (Å²) >= 11 is 0. The smallest absolute Gasteiger partial charge is 0.164 e. The molecule has 4 heteroatoms. The van der Waals surface area contributed by atoms with Crippen molar-refractivity contribution in [2.45, 2.75) is 0 Å². The van der Waals surface area contributed by atoms with E-state index >= 15 is 0 Å². The van der Waals surface area contributed by atoms with E-state index in [2.05, 4.69) is 150 Å². The van der Waals surface area contributed by atoms with Crippen LogP contribution in [0.5, 0.6) is 0 Å². The first-order valence-corrected chi connectivity index (χ1v) is 18.0. The maximum Gasteiger partial charge on any atom is 0.164 e. The first-order chi connectivity index (χ1) is 26.3. The van der Waals surface area contributed by atoms with Crippen LogP contribution in [0.1, 0.15) is 0 Å². The van der Waals surface area contributed by atoms with Crippen molar-refractivity contribution >= 4 is 64.9 Å². The van der Waals surface area contributed by atoms with Gasteiger partial charge in [0.2, 0.25) is 0 Å². The largest absolute Gasteiger partial charge is 0.309 e. The number of fused-ring (bicyclic) bond motifs is 11. The molecule has 0 saturated carbocycles. The van der Waals surface area contributed by atoms with Crippen molar-refractivity contribution in [2.75, 3.05) is 0 Å². The van der Waals surface area contributed by atoms with Gasteiger partial charge in [-0.05, 0) is 62.0 Å². The van der Waals surface area contributed by atoms with E-state index in [0.717, 1.165) is 44.2 Å². The second-order valence-corrected chi connectivity index (χ2v) is 13.6. The van der Waals surface area contributed by atoms with Gasteiger partial charge in [0.15, 0.2) is 17.5 Å². The lowest BCUT2D eigenvalue weighted by atomic mass is 9.91. The Balaban J connectivity index is 1.32. The molecule has 0 saturated heterocycles. The van der Waals surface area contributed by atoms with Crippen LogP contribution in [0.15, 0.2) is 182 Å². The van der Waals surface area contributed by atoms with Crippen LogP contribution in [0, 0.1) is 0 Å². The summed E-state index contributed by atoms with van der Waals surface area (Å²) < 4.78 is 2.42. The Labute approximate surface area is 305 Å². The molecule has 0 N–H and O–H groups in total. The normalized spacial score (nSPS) is 11.8. The molecule has 0 radical (unpaired) electrons. The van der Waals surface area contributed by atoms with Gasteiger partial charge in [0.25, 0.3) is 0 Å². The molecule has 0 fully saturated rings. The third kappa shape index (κ3) is 4.59. The van der Waals surface area contributed by atoms with Crippen molar-refractivity contribution in [3.8, 4) is 39.9 Å². The highest BCUT2D eigenvalue weighted by Crippen LogP contribution is 2.44. The summed E-state index contributed by atoms with van der Waals surface area (Å²) in [6.07, 6.45) is 0. The van der Waals surface area contributed by atoms with Crippen LogP contribution < -0.4 is 0 Å². The number of benzene rings is 9. The van der Waals surface area contributed by atoms with Gasteiger partial charge in [0, 0.05) is 38.5 Å². The van der Waals surface area contributed by atoms with Crippen LogP contribution in [-0.2, 0) is 0 Å². The predicted molar refractivity (Wildman–Crippen MR) is 220 cm³/mol. The van der Waals surface area contributed by atoms with Gasteiger partial charge in [-0.25, -0.2) is 15.0 Å². The Bertz CT molecular complexity index is 3160. The van der Waals surface area contributed by atoms with Gasteiger partial charge in [0.05, 0.1) is 11.0 Å². The number of hydrogen-bond acceptors (Lipinski definition) is 3. The Morgan fingerprint density at radius 2 is 0.830 bits per heavy atom. The van der Waals surface area contributed by atoms with Crippen molar-refractivity contribution in [2.24, 2.45) is 0 Å². The molecule has 0 atom stereocenters. The van der Waals surface area contributed by atoms with Crippen molar-refractivity contribution in [3.05, 3.63) is 182 Å². The Morgan fingerprint density at radius 1 is 0.321 bits per heavy atom. The molecule has 0 bridgehead atoms. The minimum atomic E-state index is 0.635. The van der Waals surface area contributed by atoms with Gasteiger partial charge in [-0.15, -0.1) is 0 Å². The summed E-state index contributed by atoms with van der Waals surface area (Å²) in [4.78, 5) is 15.6. The summed E-state index contributed by atoms with van der Waals surface area (Å²) in [7, 11) is 0. The molecule has 0 unspecified atom stereocenters. The number of nitrogens with zero attached hydrogens (tertiary/aromatic N) is 4. The third-order valence-electron chi connectivity index (χ3n) is 10.6. The Morgan fingerprint density at radius 3 is 1.51 bits per heavy atom. The van der Waals surface area contributed by atoms with Crippen LogP contribution >= 0.6 is 0 Å². The molecule has 9 aromatic carbocycles. The summed E-state index contributed by atoms with van der Waals surface area (Å²) in [5.74, 6) is 1.92. The molecule has 0 aliphatic heterocycles. The van der Waals surface area contributed by atoms with Crippen molar-refractivity contribution in [1.82, 2.24) is 19.5 Å². The van der Waals surface area contributed by atoms with Gasteiger partial charge >= 0.3 is 0 Å². The van der Waals surface area contributed by atoms with Crippen LogP contribution in [0.3, 0.4) is 0 Å². The zero-order valence-electron chi connectivity index (χ0n) is 28.6. The second kappa shape index (κ2) is 11.7. The van der Waals surface area contributed by atoms with Crippen LogP contribution in [0.2, 0.25) is 0 Å². The van der Waals surface area contributed by atoms with E-state index in [-0.39, 0.29) is 0 Å². The van der Waals surface area contributed by atoms with Crippen LogP contribution in [0.25, 0.3) is 105 Å². The summed E-state index contributed by atoms with van der Waals surface area (Å²) in [5.41, 5.74) is 6.21. The minimum Gasteiger partial charge on any atom is -0.309 e. The Kier molecular flexibility index (Phi) is 6.52. The zero-order valence-corrected chi connectivity index (χ0v) is 28.6. The fourth-order valence-electron chi connectivity index (χ4n) is 8.27. The maximum absolute atomic E-state index is 5.29. The molecule has 0 aliphatic carbocycles. The Hall–Kier alpha value is -7.17. The van der Waals surface area contributed by atoms with E-state index in [1.807, 2.05) is 36.4 Å². The highest BCUT2D eigenvalue weighted by Gasteiger charge is 2.21. The highest BCUT2D eigenvalue weighted by molar-refractivity contribution is 6.29. The van der Waals surface area contributed by atoms with E-state index in [9.17, 15) is 0 Å². The fraction of sp³-hybridized carbons (Fsp3) is 0. The first-order valence-electron chi connectivity index (χ1n) is 18.0. The molecule has 11 aromatic rings. The van der Waals surface area contributed by atoms with Gasteiger partial charge in [-0.1, -0.05) is 158 Å². The molecular weight excluding hydrogens is 645 g/mol. The van der Waals surface area contributed by atoms with E-state index in [0.29, 0.717) is 17.5 Å². The lowest BCUT2D eigenvalue weighted by molar-refractivity contribution is 1.07. The van der Waals surface area contributed by atoms with Gasteiger partial charge in [-0.2, -0.15) is 0 Å². The topological polar surface area (TPSA) is 43.6 Å². The summed E-state index contributed by atoms with van der Waals surface area (Å²) in [6.45, 7) is 0. The minimum absolute atomic E-state index is 0.635. The zero-order chi connectivity index (χ0) is 34.9. The van der Waals surface area contributed by atoms with Gasteiger partial charge < -0.3 is 4.57 Å². The lowest BCUT2D eigenvalue weighted by Gasteiger charge is -2.18. The molecule has 0 aliphatic rings. The quantitative estimate of drug-likeness (QED) is 0.175. The van der Waals surface area contributed by atoms with Crippen molar-refractivity contribution < 1.29 is 0 Å². The molecule has 0 spiro atoms. The van der Waals surface area contributed by atoms with Gasteiger partial charge in [-0.3, -0.25) is 0 Å². The molecule has 246 valence electrons. The molecule has 2 aromatic heterocycles.